The molecule has 0 saturated carbocycles. The van der Waals surface area contributed by atoms with Gasteiger partial charge in [0.05, 0.1) is 17.2 Å². The zero-order valence-electron chi connectivity index (χ0n) is 11.6. The number of aliphatic hydroxyl groups excluding tert-OH is 1. The lowest BCUT2D eigenvalue weighted by molar-refractivity contribution is 0.284. The van der Waals surface area contributed by atoms with E-state index in [1.165, 1.54) is 16.9 Å². The third-order valence-electron chi connectivity index (χ3n) is 2.98. The number of hydrogen-bond acceptors (Lipinski definition) is 4. The minimum Gasteiger partial charge on any atom is -0.486 e. The maximum atomic E-state index is 9.25. The van der Waals surface area contributed by atoms with Crippen molar-refractivity contribution in [2.45, 2.75) is 40.4 Å². The number of nitrogens with zero attached hydrogens (tertiary/aromatic N) is 1. The summed E-state index contributed by atoms with van der Waals surface area (Å²) in [5, 5.41) is 10.2. The summed E-state index contributed by atoms with van der Waals surface area (Å²) in [5.41, 5.74) is 3.34. The van der Waals surface area contributed by atoms with Gasteiger partial charge in [-0.1, -0.05) is 24.6 Å². The fourth-order valence-electron chi connectivity index (χ4n) is 2.00. The molecule has 1 N–H and O–H groups in total. The van der Waals surface area contributed by atoms with E-state index in [9.17, 15) is 5.11 Å². The second kappa shape index (κ2) is 6.17. The smallest absolute Gasteiger partial charge is 0.140 e. The predicted octanol–water partition coefficient (Wildman–Crippen LogP) is 3.39. The van der Waals surface area contributed by atoms with E-state index in [0.29, 0.717) is 6.61 Å². The van der Waals surface area contributed by atoms with Crippen molar-refractivity contribution in [1.29, 1.82) is 0 Å². The highest BCUT2D eigenvalue weighted by Crippen LogP contribution is 2.23. The molecule has 0 bridgehead atoms. The number of rotatable bonds is 5. The topological polar surface area (TPSA) is 42.4 Å². The van der Waals surface area contributed by atoms with E-state index in [1.54, 1.807) is 0 Å². The highest BCUT2D eigenvalue weighted by Gasteiger charge is 2.09. The predicted molar refractivity (Wildman–Crippen MR) is 77.7 cm³/mol. The van der Waals surface area contributed by atoms with Crippen molar-refractivity contribution in [3.8, 4) is 5.75 Å². The molecule has 102 valence electrons. The number of hydrogen-bond donors (Lipinski definition) is 1. The van der Waals surface area contributed by atoms with Crippen molar-refractivity contribution in [1.82, 2.24) is 4.98 Å². The molecule has 2 aromatic rings. The molecule has 0 aliphatic carbocycles. The van der Waals surface area contributed by atoms with Crippen LogP contribution >= 0.6 is 11.3 Å². The molecule has 1 aromatic carbocycles. The summed E-state index contributed by atoms with van der Waals surface area (Å²) in [6, 6.07) is 6.14. The fourth-order valence-corrected chi connectivity index (χ4v) is 2.93. The van der Waals surface area contributed by atoms with Gasteiger partial charge in [-0.3, -0.25) is 0 Å². The summed E-state index contributed by atoms with van der Waals surface area (Å²) in [5.74, 6) is 0.893. The van der Waals surface area contributed by atoms with Crippen molar-refractivity contribution in [2.24, 2.45) is 0 Å². The van der Waals surface area contributed by atoms with E-state index in [1.807, 2.05) is 26.0 Å². The fraction of sp³-hybridized carbons (Fsp3) is 0.400. The van der Waals surface area contributed by atoms with Crippen LogP contribution in [0.5, 0.6) is 5.75 Å². The summed E-state index contributed by atoms with van der Waals surface area (Å²) in [4.78, 5) is 5.44. The van der Waals surface area contributed by atoms with Gasteiger partial charge in [-0.2, -0.15) is 0 Å². The van der Waals surface area contributed by atoms with E-state index < -0.39 is 0 Å². The quantitative estimate of drug-likeness (QED) is 0.911. The Balaban J connectivity index is 2.07. The van der Waals surface area contributed by atoms with Gasteiger partial charge < -0.3 is 9.84 Å². The number of thiazole rings is 1. The van der Waals surface area contributed by atoms with Crippen LogP contribution in [0.15, 0.2) is 18.2 Å². The molecule has 0 atom stereocenters. The number of aromatic nitrogens is 1. The van der Waals surface area contributed by atoms with Crippen LogP contribution in [-0.2, 0) is 19.6 Å². The number of aryl methyl sites for hydroxylation is 3. The van der Waals surface area contributed by atoms with E-state index >= 15 is 0 Å². The molecule has 0 aliphatic heterocycles. The highest BCUT2D eigenvalue weighted by molar-refractivity contribution is 7.11. The lowest BCUT2D eigenvalue weighted by atomic mass is 10.1. The molecule has 0 radical (unpaired) electrons. The third-order valence-corrected chi connectivity index (χ3v) is 4.04. The molecule has 0 aliphatic rings. The lowest BCUT2D eigenvalue weighted by Crippen LogP contribution is -1.97. The van der Waals surface area contributed by atoms with Crippen molar-refractivity contribution in [3.63, 3.8) is 0 Å². The first kappa shape index (κ1) is 14.0. The normalized spacial score (nSPS) is 10.7. The first-order valence-corrected chi connectivity index (χ1v) is 7.24. The molecule has 1 aromatic heterocycles. The maximum Gasteiger partial charge on any atom is 0.140 e. The minimum atomic E-state index is 0.0599. The molecular formula is C15H19NO2S. The molecule has 0 fully saturated rings. The molecular weight excluding hydrogens is 258 g/mol. The largest absolute Gasteiger partial charge is 0.486 e. The Labute approximate surface area is 117 Å². The van der Waals surface area contributed by atoms with Crippen LogP contribution in [0.2, 0.25) is 0 Å². The zero-order valence-corrected chi connectivity index (χ0v) is 12.4. The van der Waals surface area contributed by atoms with Gasteiger partial charge >= 0.3 is 0 Å². The summed E-state index contributed by atoms with van der Waals surface area (Å²) in [6.07, 6.45) is 0.843. The number of benzene rings is 1. The van der Waals surface area contributed by atoms with Crippen molar-refractivity contribution in [3.05, 3.63) is 44.9 Å². The van der Waals surface area contributed by atoms with Gasteiger partial charge in [-0.25, -0.2) is 4.98 Å². The molecule has 4 heteroatoms. The molecule has 0 saturated heterocycles. The Morgan fingerprint density at radius 1 is 1.32 bits per heavy atom. The van der Waals surface area contributed by atoms with Gasteiger partial charge in [0.15, 0.2) is 0 Å². The van der Waals surface area contributed by atoms with Gasteiger partial charge in [0.2, 0.25) is 0 Å². The summed E-state index contributed by atoms with van der Waals surface area (Å²) >= 11 is 1.53. The van der Waals surface area contributed by atoms with Crippen LogP contribution < -0.4 is 4.74 Å². The zero-order chi connectivity index (χ0) is 13.8. The molecule has 2 rings (SSSR count). The Hall–Kier alpha value is -1.39. The van der Waals surface area contributed by atoms with Gasteiger partial charge in [0.1, 0.15) is 17.4 Å². The van der Waals surface area contributed by atoms with Crippen LogP contribution in [0.25, 0.3) is 0 Å². The lowest BCUT2D eigenvalue weighted by Gasteiger charge is -2.08. The number of aliphatic hydroxyl groups is 1. The van der Waals surface area contributed by atoms with Gasteiger partial charge in [-0.15, -0.1) is 11.3 Å². The maximum absolute atomic E-state index is 9.25. The van der Waals surface area contributed by atoms with Crippen LogP contribution in [0.1, 0.15) is 33.6 Å². The van der Waals surface area contributed by atoms with Crippen LogP contribution in [-0.4, -0.2) is 10.1 Å². The van der Waals surface area contributed by atoms with Crippen molar-refractivity contribution in [2.75, 3.05) is 0 Å². The minimum absolute atomic E-state index is 0.0599. The standard InChI is InChI=1S/C15H19NO2S/c1-4-12-14(8-17)19-15(16-12)9-18-13-6-5-10(2)7-11(13)3/h5-7,17H,4,8-9H2,1-3H3. The van der Waals surface area contributed by atoms with E-state index in [2.05, 4.69) is 18.0 Å². The second-order valence-corrected chi connectivity index (χ2v) is 5.71. The van der Waals surface area contributed by atoms with Crippen molar-refractivity contribution >= 4 is 11.3 Å². The SMILES string of the molecule is CCc1nc(COc2ccc(C)cc2C)sc1CO. The van der Waals surface area contributed by atoms with Gasteiger partial charge in [-0.05, 0) is 31.9 Å². The molecule has 0 spiro atoms. The monoisotopic (exact) mass is 277 g/mol. The molecule has 3 nitrogen and oxygen atoms in total. The van der Waals surface area contributed by atoms with E-state index in [-0.39, 0.29) is 6.61 Å². The summed E-state index contributed by atoms with van der Waals surface area (Å²) in [7, 11) is 0. The van der Waals surface area contributed by atoms with E-state index in [0.717, 1.165) is 33.3 Å². The van der Waals surface area contributed by atoms with Crippen molar-refractivity contribution < 1.29 is 9.84 Å². The average molecular weight is 277 g/mol. The Kier molecular flexibility index (Phi) is 4.56. The first-order chi connectivity index (χ1) is 9.13. The van der Waals surface area contributed by atoms with Crippen LogP contribution in [0.4, 0.5) is 0 Å². The Morgan fingerprint density at radius 2 is 2.11 bits per heavy atom. The summed E-state index contributed by atoms with van der Waals surface area (Å²) < 4.78 is 5.80. The van der Waals surface area contributed by atoms with Crippen LogP contribution in [0, 0.1) is 13.8 Å². The Morgan fingerprint density at radius 3 is 2.68 bits per heavy atom. The average Bonchev–Trinajstić information content (AvgIpc) is 2.80. The molecule has 0 amide bonds. The second-order valence-electron chi connectivity index (χ2n) is 4.55. The van der Waals surface area contributed by atoms with Gasteiger partial charge in [0, 0.05) is 0 Å². The first-order valence-electron chi connectivity index (χ1n) is 6.42. The summed E-state index contributed by atoms with van der Waals surface area (Å²) in [6.45, 7) is 6.68. The molecule has 1 heterocycles. The van der Waals surface area contributed by atoms with E-state index in [4.69, 9.17) is 4.74 Å². The molecule has 0 unspecified atom stereocenters. The third kappa shape index (κ3) is 3.33. The molecule has 19 heavy (non-hydrogen) atoms. The van der Waals surface area contributed by atoms with Crippen LogP contribution in [0.3, 0.4) is 0 Å². The Bertz CT molecular complexity index is 542. The number of ether oxygens (including phenoxy) is 1. The van der Waals surface area contributed by atoms with Gasteiger partial charge in [0.25, 0.3) is 0 Å². The highest BCUT2D eigenvalue weighted by atomic mass is 32.1.